The maximum atomic E-state index is 11.1. The van der Waals surface area contributed by atoms with Gasteiger partial charge in [-0.3, -0.25) is 4.79 Å². The molecule has 0 aromatic heterocycles. The van der Waals surface area contributed by atoms with E-state index in [0.717, 1.165) is 36.3 Å². The van der Waals surface area contributed by atoms with E-state index in [2.05, 4.69) is 4.74 Å². The molecule has 0 aliphatic rings. The molecule has 0 fully saturated rings. The van der Waals surface area contributed by atoms with Gasteiger partial charge in [-0.05, 0) is 30.7 Å². The number of methoxy groups -OCH3 is 1. The van der Waals surface area contributed by atoms with Gasteiger partial charge in [-0.2, -0.15) is 0 Å². The number of carboxylic acid groups (broad SMARTS) is 1. The molecule has 0 atom stereocenters. The van der Waals surface area contributed by atoms with Gasteiger partial charge < -0.3 is 9.84 Å². The van der Waals surface area contributed by atoms with Gasteiger partial charge in [0, 0.05) is 11.3 Å². The number of carbonyl (C=O) groups excluding carboxylic acids is 1. The Hall–Kier alpha value is -1.49. The number of unbranched alkanes of at least 4 members (excludes halogenated alkanes) is 6. The topological polar surface area (TPSA) is 63.6 Å². The fourth-order valence-corrected chi connectivity index (χ4v) is 3.36. The molecule has 0 aliphatic carbocycles. The van der Waals surface area contributed by atoms with E-state index in [1.165, 1.54) is 26.4 Å². The Morgan fingerprint density at radius 3 is 2.26 bits per heavy atom. The zero-order valence-electron chi connectivity index (χ0n) is 13.8. The Labute approximate surface area is 142 Å². The van der Waals surface area contributed by atoms with Crippen molar-refractivity contribution < 1.29 is 19.4 Å². The molecule has 1 N–H and O–H groups in total. The number of thioether (sulfide) groups is 1. The third-order valence-corrected chi connectivity index (χ3v) is 4.79. The molecule has 1 rings (SSSR count). The number of hydrogen-bond acceptors (Lipinski definition) is 4. The third-order valence-electron chi connectivity index (χ3n) is 3.63. The van der Waals surface area contributed by atoms with Crippen LogP contribution in [-0.4, -0.2) is 29.9 Å². The quantitative estimate of drug-likeness (QED) is 0.338. The highest BCUT2D eigenvalue weighted by atomic mass is 32.2. The van der Waals surface area contributed by atoms with Crippen molar-refractivity contribution in [3.63, 3.8) is 0 Å². The van der Waals surface area contributed by atoms with Gasteiger partial charge in [0.25, 0.3) is 0 Å². The van der Waals surface area contributed by atoms with Crippen molar-refractivity contribution in [2.24, 2.45) is 0 Å². The van der Waals surface area contributed by atoms with Crippen LogP contribution < -0.4 is 0 Å². The lowest BCUT2D eigenvalue weighted by atomic mass is 10.1. The van der Waals surface area contributed by atoms with E-state index in [1.54, 1.807) is 23.9 Å². The summed E-state index contributed by atoms with van der Waals surface area (Å²) in [6, 6.07) is 7.16. The van der Waals surface area contributed by atoms with E-state index < -0.39 is 5.97 Å². The summed E-state index contributed by atoms with van der Waals surface area (Å²) in [5, 5.41) is 9.12. The Morgan fingerprint density at radius 2 is 1.61 bits per heavy atom. The van der Waals surface area contributed by atoms with Crippen LogP contribution in [0.5, 0.6) is 0 Å². The van der Waals surface area contributed by atoms with Crippen molar-refractivity contribution in [1.82, 2.24) is 0 Å². The molecule has 0 spiro atoms. The van der Waals surface area contributed by atoms with Gasteiger partial charge in [0.2, 0.25) is 0 Å². The van der Waals surface area contributed by atoms with Crippen molar-refractivity contribution in [1.29, 1.82) is 0 Å². The minimum Gasteiger partial charge on any atom is -0.478 e. The molecule has 0 amide bonds. The number of carboxylic acids is 1. The highest BCUT2D eigenvalue weighted by molar-refractivity contribution is 7.99. The lowest BCUT2D eigenvalue weighted by Gasteiger charge is -2.05. The van der Waals surface area contributed by atoms with E-state index in [1.807, 2.05) is 12.1 Å². The maximum absolute atomic E-state index is 11.1. The summed E-state index contributed by atoms with van der Waals surface area (Å²) in [5.74, 6) is -0.0316. The number of benzene rings is 1. The van der Waals surface area contributed by atoms with Crippen LogP contribution in [0.3, 0.4) is 0 Å². The van der Waals surface area contributed by atoms with Crippen LogP contribution >= 0.6 is 11.8 Å². The fraction of sp³-hybridized carbons (Fsp3) is 0.556. The van der Waals surface area contributed by atoms with Gasteiger partial charge in [-0.1, -0.05) is 44.2 Å². The molecule has 0 saturated heterocycles. The largest absolute Gasteiger partial charge is 0.478 e. The summed E-state index contributed by atoms with van der Waals surface area (Å²) in [4.78, 5) is 22.9. The molecule has 0 heterocycles. The predicted molar refractivity (Wildman–Crippen MR) is 93.1 cm³/mol. The van der Waals surface area contributed by atoms with Gasteiger partial charge in [-0.25, -0.2) is 4.79 Å². The summed E-state index contributed by atoms with van der Waals surface area (Å²) in [7, 11) is 1.43. The van der Waals surface area contributed by atoms with Gasteiger partial charge >= 0.3 is 11.9 Å². The Bertz CT molecular complexity index is 488. The molecular formula is C18H26O4S. The zero-order valence-corrected chi connectivity index (χ0v) is 14.6. The van der Waals surface area contributed by atoms with Crippen molar-refractivity contribution in [3.05, 3.63) is 29.8 Å². The number of ether oxygens (including phenoxy) is 1. The number of rotatable bonds is 12. The van der Waals surface area contributed by atoms with Crippen LogP contribution in [0.1, 0.15) is 61.7 Å². The molecular weight excluding hydrogens is 312 g/mol. The average molecular weight is 338 g/mol. The molecule has 1 aromatic rings. The monoisotopic (exact) mass is 338 g/mol. The van der Waals surface area contributed by atoms with Crippen molar-refractivity contribution >= 4 is 23.7 Å². The van der Waals surface area contributed by atoms with Crippen LogP contribution in [0.25, 0.3) is 0 Å². The molecule has 0 unspecified atom stereocenters. The van der Waals surface area contributed by atoms with Gasteiger partial charge in [0.05, 0.1) is 12.7 Å². The average Bonchev–Trinajstić information content (AvgIpc) is 2.56. The first-order valence-electron chi connectivity index (χ1n) is 8.17. The molecule has 23 heavy (non-hydrogen) atoms. The Morgan fingerprint density at radius 1 is 1.00 bits per heavy atom. The minimum absolute atomic E-state index is 0.122. The van der Waals surface area contributed by atoms with Crippen LogP contribution in [-0.2, 0) is 9.53 Å². The van der Waals surface area contributed by atoms with Gasteiger partial charge in [0.15, 0.2) is 0 Å². The third kappa shape index (κ3) is 8.65. The summed E-state index contributed by atoms with van der Waals surface area (Å²) >= 11 is 1.62. The molecule has 1 aromatic carbocycles. The first-order chi connectivity index (χ1) is 11.1. The molecule has 0 bridgehead atoms. The maximum Gasteiger partial charge on any atom is 0.336 e. The van der Waals surface area contributed by atoms with Crippen LogP contribution in [0, 0.1) is 0 Å². The van der Waals surface area contributed by atoms with Crippen LogP contribution in [0.2, 0.25) is 0 Å². The summed E-state index contributed by atoms with van der Waals surface area (Å²) < 4.78 is 4.60. The number of aromatic carboxylic acids is 1. The van der Waals surface area contributed by atoms with E-state index in [-0.39, 0.29) is 5.97 Å². The molecule has 4 nitrogen and oxygen atoms in total. The summed E-state index contributed by atoms with van der Waals surface area (Å²) in [5.41, 5.74) is 0.392. The summed E-state index contributed by atoms with van der Waals surface area (Å²) in [6.07, 6.45) is 8.32. The SMILES string of the molecule is COC(=O)CCCCCCCCCSc1ccccc1C(=O)O. The first-order valence-corrected chi connectivity index (χ1v) is 9.15. The van der Waals surface area contributed by atoms with Crippen molar-refractivity contribution in [2.45, 2.75) is 56.3 Å². The molecule has 0 saturated carbocycles. The van der Waals surface area contributed by atoms with Crippen LogP contribution in [0.4, 0.5) is 0 Å². The lowest BCUT2D eigenvalue weighted by molar-refractivity contribution is -0.140. The molecule has 0 radical (unpaired) electrons. The van der Waals surface area contributed by atoms with Crippen molar-refractivity contribution in [2.75, 3.05) is 12.9 Å². The molecule has 0 aliphatic heterocycles. The highest BCUT2D eigenvalue weighted by Gasteiger charge is 2.08. The predicted octanol–water partition coefficient (Wildman–Crippen LogP) is 4.77. The van der Waals surface area contributed by atoms with E-state index in [9.17, 15) is 9.59 Å². The standard InChI is InChI=1S/C18H26O4S/c1-22-17(19)13-7-5-3-2-4-6-10-14-23-16-12-9-8-11-15(16)18(20)21/h8-9,11-12H,2-7,10,13-14H2,1H3,(H,20,21). The summed E-state index contributed by atoms with van der Waals surface area (Å²) in [6.45, 7) is 0. The fourth-order valence-electron chi connectivity index (χ4n) is 2.31. The zero-order chi connectivity index (χ0) is 16.9. The molecule has 5 heteroatoms. The Kier molecular flexibility index (Phi) is 10.2. The highest BCUT2D eigenvalue weighted by Crippen LogP contribution is 2.24. The van der Waals surface area contributed by atoms with Gasteiger partial charge in [-0.15, -0.1) is 11.8 Å². The first kappa shape index (κ1) is 19.6. The second-order valence-electron chi connectivity index (χ2n) is 5.45. The second kappa shape index (κ2) is 12.0. The van der Waals surface area contributed by atoms with E-state index in [4.69, 9.17) is 5.11 Å². The van der Waals surface area contributed by atoms with E-state index in [0.29, 0.717) is 12.0 Å². The van der Waals surface area contributed by atoms with Crippen molar-refractivity contribution in [3.8, 4) is 0 Å². The second-order valence-corrected chi connectivity index (χ2v) is 6.59. The minimum atomic E-state index is -0.861. The smallest absolute Gasteiger partial charge is 0.336 e. The lowest BCUT2D eigenvalue weighted by Crippen LogP contribution is -1.99. The van der Waals surface area contributed by atoms with Gasteiger partial charge in [0.1, 0.15) is 0 Å². The normalized spacial score (nSPS) is 10.5. The van der Waals surface area contributed by atoms with E-state index >= 15 is 0 Å². The number of esters is 1. The Balaban J connectivity index is 2.02. The number of carbonyl (C=O) groups is 2. The number of hydrogen-bond donors (Lipinski definition) is 1. The van der Waals surface area contributed by atoms with Crippen LogP contribution in [0.15, 0.2) is 29.2 Å². The molecule has 128 valence electrons.